The smallest absolute Gasteiger partial charge is 0.534 e. The molecule has 2 rings (SSSR count). The van der Waals surface area contributed by atoms with Gasteiger partial charge in [-0.3, -0.25) is 0 Å². The van der Waals surface area contributed by atoms with E-state index in [1.54, 1.807) is 6.07 Å². The van der Waals surface area contributed by atoms with Gasteiger partial charge in [0, 0.05) is 5.75 Å². The molecule has 0 saturated heterocycles. The fourth-order valence-electron chi connectivity index (χ4n) is 1.07. The average molecular weight is 230 g/mol. The van der Waals surface area contributed by atoms with Gasteiger partial charge in [-0.25, -0.2) is 18.2 Å². The first kappa shape index (κ1) is 13.0. The Kier molecular flexibility index (Phi) is 6.91. The molecule has 0 saturated carbocycles. The van der Waals surface area contributed by atoms with Gasteiger partial charge in [-0.1, -0.05) is 13.3 Å². The SMILES string of the molecule is CCc1cc[cH-]c1O.[Fe+2].c1cc[cH-]c1. The van der Waals surface area contributed by atoms with Crippen LogP contribution in [0.3, 0.4) is 0 Å². The summed E-state index contributed by atoms with van der Waals surface area (Å²) in [5, 5.41) is 8.95. The van der Waals surface area contributed by atoms with Crippen LogP contribution in [0.2, 0.25) is 0 Å². The number of aromatic hydroxyl groups is 1. The van der Waals surface area contributed by atoms with Crippen LogP contribution >= 0.6 is 0 Å². The Morgan fingerprint density at radius 2 is 1.86 bits per heavy atom. The predicted molar refractivity (Wildman–Crippen MR) is 55.1 cm³/mol. The first-order chi connectivity index (χ1) is 6.34. The minimum atomic E-state index is 0. The molecule has 1 nitrogen and oxygen atoms in total. The van der Waals surface area contributed by atoms with Gasteiger partial charge >= 0.3 is 17.1 Å². The number of hydrogen-bond acceptors (Lipinski definition) is 1. The van der Waals surface area contributed by atoms with E-state index in [4.69, 9.17) is 5.11 Å². The molecule has 0 spiro atoms. The summed E-state index contributed by atoms with van der Waals surface area (Å²) < 4.78 is 0. The Morgan fingerprint density at radius 1 is 1.21 bits per heavy atom. The van der Waals surface area contributed by atoms with Crippen molar-refractivity contribution in [3.05, 3.63) is 54.1 Å². The van der Waals surface area contributed by atoms with Gasteiger partial charge in [0.1, 0.15) is 0 Å². The van der Waals surface area contributed by atoms with Crippen molar-refractivity contribution in [2.45, 2.75) is 13.3 Å². The summed E-state index contributed by atoms with van der Waals surface area (Å²) in [6, 6.07) is 15.5. The molecule has 76 valence electrons. The van der Waals surface area contributed by atoms with Crippen LogP contribution in [0.4, 0.5) is 0 Å². The van der Waals surface area contributed by atoms with Crippen LogP contribution in [0.1, 0.15) is 12.5 Å². The van der Waals surface area contributed by atoms with Gasteiger partial charge in [-0.05, 0) is 0 Å². The van der Waals surface area contributed by atoms with Gasteiger partial charge in [0.25, 0.3) is 0 Å². The fourth-order valence-corrected chi connectivity index (χ4v) is 1.07. The first-order valence-corrected chi connectivity index (χ1v) is 4.44. The van der Waals surface area contributed by atoms with Gasteiger partial charge in [-0.2, -0.15) is 29.8 Å². The summed E-state index contributed by atoms with van der Waals surface area (Å²) >= 11 is 0. The second kappa shape index (κ2) is 7.43. The van der Waals surface area contributed by atoms with Crippen LogP contribution in [0, 0.1) is 0 Å². The molecule has 0 radical (unpaired) electrons. The molecule has 0 aliphatic heterocycles. The van der Waals surface area contributed by atoms with Crippen LogP contribution in [-0.4, -0.2) is 5.11 Å². The molecule has 0 unspecified atom stereocenters. The minimum absolute atomic E-state index is 0. The van der Waals surface area contributed by atoms with Gasteiger partial charge in [0.15, 0.2) is 0 Å². The van der Waals surface area contributed by atoms with Gasteiger partial charge < -0.3 is 5.11 Å². The molecule has 0 aliphatic carbocycles. The third-order valence-electron chi connectivity index (χ3n) is 1.82. The van der Waals surface area contributed by atoms with E-state index in [2.05, 4.69) is 0 Å². The van der Waals surface area contributed by atoms with Gasteiger partial charge in [0.05, 0.1) is 0 Å². The number of rotatable bonds is 1. The topological polar surface area (TPSA) is 20.2 Å². The minimum Gasteiger partial charge on any atom is -0.534 e. The average Bonchev–Trinajstić information content (AvgIpc) is 2.76. The van der Waals surface area contributed by atoms with Crippen molar-refractivity contribution in [3.8, 4) is 5.75 Å². The monoisotopic (exact) mass is 230 g/mol. The van der Waals surface area contributed by atoms with E-state index in [9.17, 15) is 0 Å². The number of hydrogen-bond donors (Lipinski definition) is 1. The Balaban J connectivity index is 0.000000246. The zero-order valence-electron chi connectivity index (χ0n) is 8.13. The van der Waals surface area contributed by atoms with E-state index in [0.29, 0.717) is 5.75 Å². The van der Waals surface area contributed by atoms with Crippen molar-refractivity contribution < 1.29 is 22.2 Å². The van der Waals surface area contributed by atoms with Crippen molar-refractivity contribution in [3.63, 3.8) is 0 Å². The van der Waals surface area contributed by atoms with E-state index < -0.39 is 0 Å². The van der Waals surface area contributed by atoms with Gasteiger partial charge in [-0.15, -0.1) is 6.07 Å². The molecule has 0 bridgehead atoms. The maximum Gasteiger partial charge on any atom is 2.00 e. The quantitative estimate of drug-likeness (QED) is 0.589. The molecule has 0 amide bonds. The summed E-state index contributed by atoms with van der Waals surface area (Å²) in [5.41, 5.74) is 1.03. The predicted octanol–water partition coefficient (Wildman–Crippen LogP) is 3.08. The molecule has 0 heterocycles. The fraction of sp³-hybridized carbons (Fsp3) is 0.167. The normalized spacial score (nSPS) is 8.36. The standard InChI is InChI=1S/C7H9O.C5H5.Fe/c1-2-6-4-3-5-7(6)8;1-2-4-5-3-1;/h3-5,8H,2H2,1H3;1-5H;/q2*-1;+2. The molecular formula is C12H14FeO. The summed E-state index contributed by atoms with van der Waals surface area (Å²) in [6.07, 6.45) is 0.916. The molecule has 0 aromatic heterocycles. The second-order valence-electron chi connectivity index (χ2n) is 2.75. The van der Waals surface area contributed by atoms with Crippen LogP contribution in [0.25, 0.3) is 0 Å². The van der Waals surface area contributed by atoms with E-state index in [1.807, 2.05) is 49.4 Å². The maximum atomic E-state index is 8.95. The molecule has 2 aromatic carbocycles. The molecular weight excluding hydrogens is 216 g/mol. The summed E-state index contributed by atoms with van der Waals surface area (Å²) in [7, 11) is 0. The van der Waals surface area contributed by atoms with E-state index in [-0.39, 0.29) is 17.1 Å². The Labute approximate surface area is 95.6 Å². The molecule has 0 atom stereocenters. The van der Waals surface area contributed by atoms with Crippen molar-refractivity contribution >= 4 is 0 Å². The van der Waals surface area contributed by atoms with Crippen molar-refractivity contribution in [1.29, 1.82) is 0 Å². The van der Waals surface area contributed by atoms with Crippen LogP contribution in [0.15, 0.2) is 48.5 Å². The summed E-state index contributed by atoms with van der Waals surface area (Å²) in [6.45, 7) is 2.02. The van der Waals surface area contributed by atoms with Crippen molar-refractivity contribution in [2.75, 3.05) is 0 Å². The Bertz CT molecular complexity index is 291. The molecule has 0 aliphatic rings. The molecule has 14 heavy (non-hydrogen) atoms. The van der Waals surface area contributed by atoms with E-state index >= 15 is 0 Å². The van der Waals surface area contributed by atoms with Gasteiger partial charge in [0.2, 0.25) is 0 Å². The maximum absolute atomic E-state index is 8.95. The third-order valence-corrected chi connectivity index (χ3v) is 1.82. The first-order valence-electron chi connectivity index (χ1n) is 4.44. The van der Waals surface area contributed by atoms with Crippen LogP contribution in [-0.2, 0) is 23.5 Å². The van der Waals surface area contributed by atoms with Crippen molar-refractivity contribution in [1.82, 2.24) is 0 Å². The molecule has 2 heteroatoms. The Hall–Kier alpha value is -0.981. The largest absolute Gasteiger partial charge is 2.00 e. The van der Waals surface area contributed by atoms with Crippen LogP contribution in [0.5, 0.6) is 5.75 Å². The summed E-state index contributed by atoms with van der Waals surface area (Å²) in [5.74, 6) is 0.424. The number of aryl methyl sites for hydroxylation is 1. The molecule has 0 fully saturated rings. The second-order valence-corrected chi connectivity index (χ2v) is 2.75. The molecule has 1 N–H and O–H groups in total. The Morgan fingerprint density at radius 3 is 2.07 bits per heavy atom. The van der Waals surface area contributed by atoms with Crippen molar-refractivity contribution in [2.24, 2.45) is 0 Å². The van der Waals surface area contributed by atoms with Crippen LogP contribution < -0.4 is 0 Å². The molecule has 2 aromatic rings. The zero-order chi connectivity index (χ0) is 9.52. The third kappa shape index (κ3) is 4.31. The van der Waals surface area contributed by atoms with E-state index in [1.165, 1.54) is 0 Å². The summed E-state index contributed by atoms with van der Waals surface area (Å²) in [4.78, 5) is 0. The van der Waals surface area contributed by atoms with E-state index in [0.717, 1.165) is 12.0 Å². The zero-order valence-corrected chi connectivity index (χ0v) is 9.23.